The van der Waals surface area contributed by atoms with Gasteiger partial charge < -0.3 is 8.82 Å². The maximum absolute atomic E-state index is 5.40. The number of halogens is 1. The van der Waals surface area contributed by atoms with E-state index < -0.39 is 0 Å². The molecule has 0 saturated heterocycles. The minimum Gasteiger partial charge on any atom is -0.469 e. The molecule has 0 aliphatic rings. The molecule has 0 radical (unpaired) electrons. The zero-order chi connectivity index (χ0) is 18.1. The lowest BCUT2D eigenvalue weighted by atomic mass is 10.2. The summed E-state index contributed by atoms with van der Waals surface area (Å²) in [5, 5.41) is 9.55. The van der Waals surface area contributed by atoms with E-state index in [2.05, 4.69) is 37.7 Å². The monoisotopic (exact) mass is 429 g/mol. The van der Waals surface area contributed by atoms with Crippen molar-refractivity contribution in [3.8, 4) is 11.4 Å². The summed E-state index contributed by atoms with van der Waals surface area (Å²) < 4.78 is 10.5. The molecule has 0 aromatic carbocycles. The number of aromatic nitrogens is 5. The fourth-order valence-electron chi connectivity index (χ4n) is 2.73. The van der Waals surface area contributed by atoms with Gasteiger partial charge in [0.1, 0.15) is 11.4 Å². The van der Waals surface area contributed by atoms with Gasteiger partial charge in [0.15, 0.2) is 11.0 Å². The number of hydrogen-bond acceptors (Lipinski definition) is 5. The summed E-state index contributed by atoms with van der Waals surface area (Å²) in [7, 11) is 0. The first-order valence-electron chi connectivity index (χ1n) is 8.00. The molecule has 4 aromatic heterocycles. The van der Waals surface area contributed by atoms with Crippen molar-refractivity contribution in [2.24, 2.45) is 0 Å². The Morgan fingerprint density at radius 1 is 1.27 bits per heavy atom. The molecule has 132 valence electrons. The van der Waals surface area contributed by atoms with Crippen molar-refractivity contribution in [2.45, 2.75) is 24.4 Å². The molecule has 4 rings (SSSR count). The van der Waals surface area contributed by atoms with Gasteiger partial charge in [-0.05, 0) is 41.1 Å². The number of rotatable bonds is 6. The zero-order valence-corrected chi connectivity index (χ0v) is 16.5. The van der Waals surface area contributed by atoms with E-state index in [9.17, 15) is 0 Å². The Balaban J connectivity index is 1.60. The van der Waals surface area contributed by atoms with Crippen LogP contribution >= 0.6 is 27.7 Å². The fourth-order valence-corrected chi connectivity index (χ4v) is 3.91. The van der Waals surface area contributed by atoms with Gasteiger partial charge in [0.2, 0.25) is 0 Å². The van der Waals surface area contributed by atoms with Crippen molar-refractivity contribution in [3.63, 3.8) is 0 Å². The van der Waals surface area contributed by atoms with Crippen LogP contribution < -0.4 is 0 Å². The van der Waals surface area contributed by atoms with E-state index in [1.165, 1.54) is 0 Å². The summed E-state index contributed by atoms with van der Waals surface area (Å²) >= 11 is 5.09. The lowest BCUT2D eigenvalue weighted by Crippen LogP contribution is -2.00. The number of aryl methyl sites for hydroxylation is 1. The Hall–Kier alpha value is -2.32. The molecule has 0 fully saturated rings. The minimum absolute atomic E-state index is 0.632. The van der Waals surface area contributed by atoms with Crippen molar-refractivity contribution >= 4 is 33.3 Å². The van der Waals surface area contributed by atoms with E-state index >= 15 is 0 Å². The Labute approximate surface area is 163 Å². The van der Waals surface area contributed by atoms with Crippen molar-refractivity contribution in [2.75, 3.05) is 0 Å². The second-order valence-electron chi connectivity index (χ2n) is 5.73. The Morgan fingerprint density at radius 2 is 2.15 bits per heavy atom. The highest BCUT2D eigenvalue weighted by molar-refractivity contribution is 9.10. The van der Waals surface area contributed by atoms with Crippen LogP contribution in [-0.2, 0) is 12.3 Å². The Bertz CT molecular complexity index is 1080. The number of allylic oxidation sites excluding steroid dienone is 1. The van der Waals surface area contributed by atoms with Gasteiger partial charge in [-0.15, -0.1) is 16.8 Å². The molecule has 0 unspecified atom stereocenters. The molecule has 0 amide bonds. The van der Waals surface area contributed by atoms with Gasteiger partial charge >= 0.3 is 0 Å². The van der Waals surface area contributed by atoms with E-state index in [1.807, 2.05) is 52.6 Å². The molecule has 26 heavy (non-hydrogen) atoms. The quantitative estimate of drug-likeness (QED) is 0.327. The van der Waals surface area contributed by atoms with Crippen LogP contribution in [0.5, 0.6) is 0 Å². The number of hydrogen-bond donors (Lipinski definition) is 0. The predicted molar refractivity (Wildman–Crippen MR) is 105 cm³/mol. The molecule has 4 aromatic rings. The van der Waals surface area contributed by atoms with Gasteiger partial charge in [0.25, 0.3) is 0 Å². The molecular weight excluding hydrogens is 414 g/mol. The molecule has 0 spiro atoms. The standard InChI is InChI=1S/C18H16BrN5OS/c1-3-7-24-17(15-6-8-25-12(15)2)21-22-18(24)26-11-14-10-23-9-13(19)4-5-16(23)20-14/h3-6,8-10H,1,7,11H2,2H3. The maximum atomic E-state index is 5.40. The minimum atomic E-state index is 0.632. The second-order valence-corrected chi connectivity index (χ2v) is 7.59. The first-order valence-corrected chi connectivity index (χ1v) is 9.78. The molecule has 6 nitrogen and oxygen atoms in total. The van der Waals surface area contributed by atoms with Crippen LogP contribution in [0.4, 0.5) is 0 Å². The third-order valence-corrected chi connectivity index (χ3v) is 5.41. The first kappa shape index (κ1) is 17.1. The molecule has 0 atom stereocenters. The lowest BCUT2D eigenvalue weighted by Gasteiger charge is -2.06. The predicted octanol–water partition coefficient (Wildman–Crippen LogP) is 4.74. The second kappa shape index (κ2) is 7.13. The van der Waals surface area contributed by atoms with Gasteiger partial charge in [-0.3, -0.25) is 4.57 Å². The van der Waals surface area contributed by atoms with E-state index in [-0.39, 0.29) is 0 Å². The highest BCUT2D eigenvalue weighted by atomic mass is 79.9. The summed E-state index contributed by atoms with van der Waals surface area (Å²) in [6, 6.07) is 5.88. The fraction of sp³-hybridized carbons (Fsp3) is 0.167. The summed E-state index contributed by atoms with van der Waals surface area (Å²) in [5.41, 5.74) is 2.86. The number of imidazole rings is 1. The molecule has 0 aliphatic heterocycles. The smallest absolute Gasteiger partial charge is 0.192 e. The van der Waals surface area contributed by atoms with Crippen LogP contribution in [0.2, 0.25) is 0 Å². The van der Waals surface area contributed by atoms with Crippen LogP contribution in [0.15, 0.2) is 63.6 Å². The van der Waals surface area contributed by atoms with Crippen LogP contribution in [0.1, 0.15) is 11.5 Å². The van der Waals surface area contributed by atoms with Crippen molar-refractivity contribution < 1.29 is 4.42 Å². The lowest BCUT2D eigenvalue weighted by molar-refractivity contribution is 0.534. The third kappa shape index (κ3) is 3.22. The van der Waals surface area contributed by atoms with Gasteiger partial charge in [0, 0.05) is 29.2 Å². The average Bonchev–Trinajstić information content (AvgIpc) is 3.31. The molecule has 8 heteroatoms. The van der Waals surface area contributed by atoms with Crippen molar-refractivity contribution in [1.82, 2.24) is 24.1 Å². The summed E-state index contributed by atoms with van der Waals surface area (Å²) in [6.45, 7) is 6.40. The Kier molecular flexibility index (Phi) is 4.69. The van der Waals surface area contributed by atoms with Gasteiger partial charge in [-0.1, -0.05) is 17.8 Å². The van der Waals surface area contributed by atoms with Gasteiger partial charge in [0.05, 0.1) is 17.5 Å². The van der Waals surface area contributed by atoms with Crippen molar-refractivity contribution in [1.29, 1.82) is 0 Å². The van der Waals surface area contributed by atoms with Gasteiger partial charge in [-0.2, -0.15) is 0 Å². The van der Waals surface area contributed by atoms with E-state index in [4.69, 9.17) is 4.42 Å². The van der Waals surface area contributed by atoms with E-state index in [0.29, 0.717) is 12.3 Å². The largest absolute Gasteiger partial charge is 0.469 e. The topological polar surface area (TPSA) is 61.2 Å². The SMILES string of the molecule is C=CCn1c(SCc2cn3cc(Br)ccc3n2)nnc1-c1ccoc1C. The molecule has 0 bridgehead atoms. The normalized spacial score (nSPS) is 11.3. The van der Waals surface area contributed by atoms with Crippen LogP contribution in [-0.4, -0.2) is 24.1 Å². The van der Waals surface area contributed by atoms with Crippen LogP contribution in [0, 0.1) is 6.92 Å². The first-order chi connectivity index (χ1) is 12.7. The van der Waals surface area contributed by atoms with Crippen LogP contribution in [0.3, 0.4) is 0 Å². The third-order valence-electron chi connectivity index (χ3n) is 3.94. The number of fused-ring (bicyclic) bond motifs is 1. The molecular formula is C18H16BrN5OS. The van der Waals surface area contributed by atoms with E-state index in [0.717, 1.165) is 38.1 Å². The zero-order valence-electron chi connectivity index (χ0n) is 14.1. The number of thioether (sulfide) groups is 1. The maximum Gasteiger partial charge on any atom is 0.192 e. The molecule has 0 aliphatic carbocycles. The van der Waals surface area contributed by atoms with Crippen molar-refractivity contribution in [3.05, 3.63) is 65.4 Å². The number of pyridine rings is 1. The summed E-state index contributed by atoms with van der Waals surface area (Å²) in [4.78, 5) is 4.64. The molecule has 0 N–H and O–H groups in total. The highest BCUT2D eigenvalue weighted by Gasteiger charge is 2.17. The van der Waals surface area contributed by atoms with Crippen LogP contribution in [0.25, 0.3) is 17.0 Å². The van der Waals surface area contributed by atoms with E-state index in [1.54, 1.807) is 18.0 Å². The summed E-state index contributed by atoms with van der Waals surface area (Å²) in [6.07, 6.45) is 7.53. The molecule has 4 heterocycles. The summed E-state index contributed by atoms with van der Waals surface area (Å²) in [5.74, 6) is 2.32. The van der Waals surface area contributed by atoms with Gasteiger partial charge in [-0.25, -0.2) is 4.98 Å². The Morgan fingerprint density at radius 3 is 2.92 bits per heavy atom. The average molecular weight is 430 g/mol. The molecule has 0 saturated carbocycles. The number of nitrogens with zero attached hydrogens (tertiary/aromatic N) is 5. The highest BCUT2D eigenvalue weighted by Crippen LogP contribution is 2.28. The number of furan rings is 1.